The molecule has 1 aliphatic rings. The van der Waals surface area contributed by atoms with Crippen LogP contribution in [0, 0.1) is 13.8 Å². The maximum absolute atomic E-state index is 4.24. The number of rotatable bonds is 2. The van der Waals surface area contributed by atoms with Crippen molar-refractivity contribution in [3.05, 3.63) is 46.8 Å². The van der Waals surface area contributed by atoms with Gasteiger partial charge in [-0.1, -0.05) is 24.3 Å². The summed E-state index contributed by atoms with van der Waals surface area (Å²) in [5, 5.41) is 10.9. The monoisotopic (exact) mass is 241 g/mol. The number of anilines is 1. The second-order valence-electron chi connectivity index (χ2n) is 5.16. The number of nitrogens with one attached hydrogen (secondary N) is 2. The first kappa shape index (κ1) is 11.3. The van der Waals surface area contributed by atoms with Gasteiger partial charge in [0.1, 0.15) is 0 Å². The lowest BCUT2D eigenvalue weighted by Gasteiger charge is -2.26. The normalized spacial score (nSPS) is 18.4. The predicted octanol–water partition coefficient (Wildman–Crippen LogP) is 3.00. The Morgan fingerprint density at radius 3 is 2.72 bits per heavy atom. The second-order valence-corrected chi connectivity index (χ2v) is 5.16. The van der Waals surface area contributed by atoms with E-state index in [2.05, 4.69) is 46.7 Å². The van der Waals surface area contributed by atoms with Gasteiger partial charge in [-0.15, -0.1) is 0 Å². The molecule has 0 amide bonds. The Bertz CT molecular complexity index is 537. The van der Waals surface area contributed by atoms with Gasteiger partial charge in [0.05, 0.1) is 17.1 Å². The zero-order valence-electron chi connectivity index (χ0n) is 11.0. The molecule has 0 radical (unpaired) electrons. The molecule has 2 N–H and O–H groups in total. The quantitative estimate of drug-likeness (QED) is 0.848. The van der Waals surface area contributed by atoms with E-state index < -0.39 is 0 Å². The highest BCUT2D eigenvalue weighted by Crippen LogP contribution is 2.25. The maximum Gasteiger partial charge on any atom is 0.0825 e. The third kappa shape index (κ3) is 2.01. The van der Waals surface area contributed by atoms with Crippen LogP contribution in [0.5, 0.6) is 0 Å². The Morgan fingerprint density at radius 1 is 1.22 bits per heavy atom. The molecule has 0 aliphatic heterocycles. The van der Waals surface area contributed by atoms with Crippen molar-refractivity contribution in [2.45, 2.75) is 39.2 Å². The Kier molecular flexibility index (Phi) is 2.82. The number of fused-ring (bicyclic) bond motifs is 1. The lowest BCUT2D eigenvalue weighted by atomic mass is 9.88. The first-order chi connectivity index (χ1) is 8.74. The van der Waals surface area contributed by atoms with Crippen molar-refractivity contribution >= 4 is 5.69 Å². The number of aromatic nitrogens is 2. The molecule has 0 fully saturated rings. The largest absolute Gasteiger partial charge is 0.379 e. The highest BCUT2D eigenvalue weighted by Gasteiger charge is 2.19. The zero-order valence-corrected chi connectivity index (χ0v) is 11.0. The van der Waals surface area contributed by atoms with Gasteiger partial charge in [0.15, 0.2) is 0 Å². The van der Waals surface area contributed by atoms with Crippen molar-refractivity contribution in [3.63, 3.8) is 0 Å². The Hall–Kier alpha value is -1.77. The molecule has 0 spiro atoms. The third-order valence-electron chi connectivity index (χ3n) is 3.82. The number of aromatic amines is 1. The molecule has 18 heavy (non-hydrogen) atoms. The molecule has 1 aromatic carbocycles. The number of H-pyrrole nitrogens is 1. The Labute approximate surface area is 108 Å². The van der Waals surface area contributed by atoms with Crippen LogP contribution in [0.25, 0.3) is 0 Å². The predicted molar refractivity (Wildman–Crippen MR) is 73.9 cm³/mol. The molecule has 3 nitrogen and oxygen atoms in total. The molecule has 0 saturated heterocycles. The maximum atomic E-state index is 4.24. The molecule has 0 bridgehead atoms. The van der Waals surface area contributed by atoms with Gasteiger partial charge >= 0.3 is 0 Å². The number of hydrogen-bond donors (Lipinski definition) is 2. The number of benzene rings is 1. The fraction of sp³-hybridized carbons (Fsp3) is 0.400. The van der Waals surface area contributed by atoms with Crippen molar-refractivity contribution in [3.8, 4) is 0 Å². The van der Waals surface area contributed by atoms with Crippen molar-refractivity contribution in [1.29, 1.82) is 0 Å². The molecule has 1 aliphatic carbocycles. The van der Waals surface area contributed by atoms with Crippen LogP contribution in [0.2, 0.25) is 0 Å². The standard InChI is InChI=1S/C15H19N3/c1-10-15(11(2)18-17-10)16-14-8-7-12-5-3-4-6-13(12)9-14/h3-6,14,16H,7-9H2,1-2H3,(H,17,18). The summed E-state index contributed by atoms with van der Waals surface area (Å²) < 4.78 is 0. The molecule has 1 atom stereocenters. The lowest BCUT2D eigenvalue weighted by Crippen LogP contribution is -2.27. The van der Waals surface area contributed by atoms with E-state index in [9.17, 15) is 0 Å². The SMILES string of the molecule is Cc1n[nH]c(C)c1NC1CCc2ccccc2C1. The molecule has 1 aromatic heterocycles. The Balaban J connectivity index is 1.77. The van der Waals surface area contributed by atoms with Gasteiger partial charge < -0.3 is 5.32 Å². The smallest absolute Gasteiger partial charge is 0.0825 e. The van der Waals surface area contributed by atoms with Gasteiger partial charge in [-0.3, -0.25) is 5.10 Å². The van der Waals surface area contributed by atoms with Crippen LogP contribution in [0.4, 0.5) is 5.69 Å². The molecule has 3 rings (SSSR count). The summed E-state index contributed by atoms with van der Waals surface area (Å²) in [6, 6.07) is 9.29. The third-order valence-corrected chi connectivity index (χ3v) is 3.82. The topological polar surface area (TPSA) is 40.7 Å². The van der Waals surface area contributed by atoms with Crippen molar-refractivity contribution in [2.24, 2.45) is 0 Å². The number of aryl methyl sites for hydroxylation is 3. The van der Waals surface area contributed by atoms with E-state index in [0.717, 1.165) is 17.8 Å². The van der Waals surface area contributed by atoms with Gasteiger partial charge in [0.25, 0.3) is 0 Å². The summed E-state index contributed by atoms with van der Waals surface area (Å²) in [4.78, 5) is 0. The summed E-state index contributed by atoms with van der Waals surface area (Å²) in [7, 11) is 0. The summed E-state index contributed by atoms with van der Waals surface area (Å²) in [6.07, 6.45) is 3.48. The molecule has 2 aromatic rings. The lowest BCUT2D eigenvalue weighted by molar-refractivity contribution is 0.610. The first-order valence-corrected chi connectivity index (χ1v) is 6.59. The van der Waals surface area contributed by atoms with Gasteiger partial charge in [0.2, 0.25) is 0 Å². The van der Waals surface area contributed by atoms with Crippen LogP contribution < -0.4 is 5.32 Å². The molecule has 94 valence electrons. The summed E-state index contributed by atoms with van der Waals surface area (Å²) >= 11 is 0. The van der Waals surface area contributed by atoms with Crippen molar-refractivity contribution in [2.75, 3.05) is 5.32 Å². The summed E-state index contributed by atoms with van der Waals surface area (Å²) in [5.41, 5.74) is 6.37. The summed E-state index contributed by atoms with van der Waals surface area (Å²) in [6.45, 7) is 4.11. The minimum absolute atomic E-state index is 0.523. The highest BCUT2D eigenvalue weighted by atomic mass is 15.2. The van der Waals surface area contributed by atoms with E-state index in [1.54, 1.807) is 0 Å². The van der Waals surface area contributed by atoms with E-state index in [0.29, 0.717) is 6.04 Å². The van der Waals surface area contributed by atoms with Gasteiger partial charge in [-0.25, -0.2) is 0 Å². The van der Waals surface area contributed by atoms with Crippen LogP contribution in [0.1, 0.15) is 28.9 Å². The average molecular weight is 241 g/mol. The van der Waals surface area contributed by atoms with E-state index in [4.69, 9.17) is 0 Å². The van der Waals surface area contributed by atoms with E-state index >= 15 is 0 Å². The number of hydrogen-bond acceptors (Lipinski definition) is 2. The minimum atomic E-state index is 0.523. The van der Waals surface area contributed by atoms with Gasteiger partial charge in [0, 0.05) is 6.04 Å². The van der Waals surface area contributed by atoms with Crippen LogP contribution in [0.15, 0.2) is 24.3 Å². The van der Waals surface area contributed by atoms with Gasteiger partial charge in [-0.2, -0.15) is 5.10 Å². The van der Waals surface area contributed by atoms with Crippen LogP contribution >= 0.6 is 0 Å². The molecule has 0 saturated carbocycles. The fourth-order valence-corrected chi connectivity index (χ4v) is 2.79. The average Bonchev–Trinajstić information content (AvgIpc) is 2.70. The van der Waals surface area contributed by atoms with Crippen LogP contribution in [0.3, 0.4) is 0 Å². The molecule has 1 heterocycles. The zero-order chi connectivity index (χ0) is 12.5. The van der Waals surface area contributed by atoms with Crippen LogP contribution in [-0.4, -0.2) is 16.2 Å². The Morgan fingerprint density at radius 2 is 2.00 bits per heavy atom. The van der Waals surface area contributed by atoms with E-state index in [-0.39, 0.29) is 0 Å². The first-order valence-electron chi connectivity index (χ1n) is 6.59. The minimum Gasteiger partial charge on any atom is -0.379 e. The summed E-state index contributed by atoms with van der Waals surface area (Å²) in [5.74, 6) is 0. The second kappa shape index (κ2) is 4.48. The fourth-order valence-electron chi connectivity index (χ4n) is 2.79. The van der Waals surface area contributed by atoms with Crippen LogP contribution in [-0.2, 0) is 12.8 Å². The molecular formula is C15H19N3. The molecule has 3 heteroatoms. The van der Waals surface area contributed by atoms with Crippen molar-refractivity contribution < 1.29 is 0 Å². The highest BCUT2D eigenvalue weighted by molar-refractivity contribution is 5.52. The number of nitrogens with zero attached hydrogens (tertiary/aromatic N) is 1. The van der Waals surface area contributed by atoms with E-state index in [1.807, 2.05) is 6.92 Å². The molecular weight excluding hydrogens is 222 g/mol. The van der Waals surface area contributed by atoms with Crippen molar-refractivity contribution in [1.82, 2.24) is 10.2 Å². The van der Waals surface area contributed by atoms with E-state index in [1.165, 1.54) is 29.7 Å². The van der Waals surface area contributed by atoms with Gasteiger partial charge in [-0.05, 0) is 44.2 Å². The molecule has 1 unspecified atom stereocenters.